The van der Waals surface area contributed by atoms with Crippen LogP contribution in [0.25, 0.3) is 11.0 Å². The molecule has 4 nitrogen and oxygen atoms in total. The lowest BCUT2D eigenvalue weighted by molar-refractivity contribution is -0.138. The Bertz CT molecular complexity index is 670. The first kappa shape index (κ1) is 14.1. The molecule has 0 fully saturated rings. The summed E-state index contributed by atoms with van der Waals surface area (Å²) in [4.78, 5) is 22.0. The van der Waals surface area contributed by atoms with E-state index in [4.69, 9.17) is 9.52 Å². The van der Waals surface area contributed by atoms with Gasteiger partial charge in [-0.15, -0.1) is 0 Å². The molecule has 0 amide bonds. The second-order valence-corrected chi connectivity index (χ2v) is 4.18. The molecule has 106 valence electrons. The summed E-state index contributed by atoms with van der Waals surface area (Å²) in [6.07, 6.45) is -5.09. The van der Waals surface area contributed by atoms with Crippen molar-refractivity contribution in [2.75, 3.05) is 0 Å². The zero-order valence-electron chi connectivity index (χ0n) is 10.0. The fourth-order valence-corrected chi connectivity index (χ4v) is 1.70. The van der Waals surface area contributed by atoms with E-state index >= 15 is 0 Å². The number of carbonyl (C=O) groups is 2. The van der Waals surface area contributed by atoms with Gasteiger partial charge in [-0.05, 0) is 24.3 Å². The first-order valence-corrected chi connectivity index (χ1v) is 5.63. The van der Waals surface area contributed by atoms with Crippen LogP contribution < -0.4 is 0 Å². The van der Waals surface area contributed by atoms with Gasteiger partial charge >= 0.3 is 12.1 Å². The number of hydrogen-bond acceptors (Lipinski definition) is 3. The van der Waals surface area contributed by atoms with E-state index in [-0.39, 0.29) is 29.6 Å². The predicted molar refractivity (Wildman–Crippen MR) is 62.4 cm³/mol. The lowest BCUT2D eigenvalue weighted by Crippen LogP contribution is -2.03. The topological polar surface area (TPSA) is 67.5 Å². The van der Waals surface area contributed by atoms with Crippen LogP contribution in [-0.4, -0.2) is 16.9 Å². The van der Waals surface area contributed by atoms with Crippen LogP contribution in [0.1, 0.15) is 29.0 Å². The minimum atomic E-state index is -4.47. The van der Waals surface area contributed by atoms with Crippen LogP contribution in [0.5, 0.6) is 0 Å². The Hall–Kier alpha value is -2.31. The monoisotopic (exact) mass is 286 g/mol. The van der Waals surface area contributed by atoms with E-state index in [0.29, 0.717) is 0 Å². The lowest BCUT2D eigenvalue weighted by Gasteiger charge is -2.04. The van der Waals surface area contributed by atoms with Crippen LogP contribution in [0.2, 0.25) is 0 Å². The molecule has 7 heteroatoms. The van der Waals surface area contributed by atoms with Crippen LogP contribution in [-0.2, 0) is 11.0 Å². The maximum Gasteiger partial charge on any atom is 0.416 e. The molecule has 0 bridgehead atoms. The average Bonchev–Trinajstić information content (AvgIpc) is 2.77. The first-order chi connectivity index (χ1) is 9.27. The van der Waals surface area contributed by atoms with Crippen molar-refractivity contribution in [3.63, 3.8) is 0 Å². The van der Waals surface area contributed by atoms with E-state index < -0.39 is 23.5 Å². The van der Waals surface area contributed by atoms with Crippen molar-refractivity contribution in [3.8, 4) is 0 Å². The Morgan fingerprint density at radius 2 is 1.85 bits per heavy atom. The number of carbonyl (C=O) groups excluding carboxylic acids is 1. The molecular weight excluding hydrogens is 277 g/mol. The molecule has 1 heterocycles. The van der Waals surface area contributed by atoms with Crippen LogP contribution in [0.3, 0.4) is 0 Å². The molecule has 0 saturated carbocycles. The van der Waals surface area contributed by atoms with Gasteiger partial charge in [-0.1, -0.05) is 0 Å². The highest BCUT2D eigenvalue weighted by Gasteiger charge is 2.30. The maximum absolute atomic E-state index is 12.5. The van der Waals surface area contributed by atoms with Gasteiger partial charge in [0.25, 0.3) is 0 Å². The van der Waals surface area contributed by atoms with Crippen molar-refractivity contribution in [2.45, 2.75) is 19.0 Å². The summed E-state index contributed by atoms with van der Waals surface area (Å²) in [6, 6.07) is 4.06. The molecule has 0 saturated heterocycles. The lowest BCUT2D eigenvalue weighted by atomic mass is 10.1. The maximum atomic E-state index is 12.5. The standard InChI is InChI=1S/C13H9F3O4/c14-13(15,16)8-1-3-10-7(5-8)6-11(20-10)9(17)2-4-12(18)19/h1,3,5-6H,2,4H2,(H,18,19). The van der Waals surface area contributed by atoms with Crippen LogP contribution in [0, 0.1) is 0 Å². The summed E-state index contributed by atoms with van der Waals surface area (Å²) >= 11 is 0. The Labute approximate surface area is 110 Å². The van der Waals surface area contributed by atoms with Gasteiger partial charge in [-0.2, -0.15) is 13.2 Å². The number of ketones is 1. The highest BCUT2D eigenvalue weighted by Crippen LogP contribution is 2.32. The molecule has 2 rings (SSSR count). The zero-order chi connectivity index (χ0) is 14.9. The number of aliphatic carboxylic acids is 1. The highest BCUT2D eigenvalue weighted by atomic mass is 19.4. The number of fused-ring (bicyclic) bond motifs is 1. The zero-order valence-corrected chi connectivity index (χ0v) is 10.0. The molecular formula is C13H9F3O4. The number of Topliss-reactive ketones (excluding diaryl/α,β-unsaturated/α-hetero) is 1. The summed E-state index contributed by atoms with van der Waals surface area (Å²) in [5.74, 6) is -1.83. The molecule has 0 atom stereocenters. The number of benzene rings is 1. The molecule has 0 aliphatic heterocycles. The molecule has 0 aliphatic carbocycles. The number of furan rings is 1. The van der Waals surface area contributed by atoms with Crippen molar-refractivity contribution in [1.82, 2.24) is 0 Å². The molecule has 0 radical (unpaired) electrons. The van der Waals surface area contributed by atoms with Gasteiger partial charge in [-0.25, -0.2) is 0 Å². The van der Waals surface area contributed by atoms with Crippen molar-refractivity contribution >= 4 is 22.7 Å². The van der Waals surface area contributed by atoms with Crippen LogP contribution in [0.15, 0.2) is 28.7 Å². The number of carboxylic acid groups (broad SMARTS) is 1. The van der Waals surface area contributed by atoms with Gasteiger partial charge in [0.15, 0.2) is 11.5 Å². The average molecular weight is 286 g/mol. The Morgan fingerprint density at radius 3 is 2.45 bits per heavy atom. The Balaban J connectivity index is 2.29. The van der Waals surface area contributed by atoms with Gasteiger partial charge < -0.3 is 9.52 Å². The van der Waals surface area contributed by atoms with Crippen LogP contribution in [0.4, 0.5) is 13.2 Å². The minimum absolute atomic E-state index is 0.138. The van der Waals surface area contributed by atoms with Crippen molar-refractivity contribution in [3.05, 3.63) is 35.6 Å². The molecule has 1 aromatic carbocycles. The molecule has 0 unspecified atom stereocenters. The van der Waals surface area contributed by atoms with Gasteiger partial charge in [0.2, 0.25) is 0 Å². The minimum Gasteiger partial charge on any atom is -0.481 e. The van der Waals surface area contributed by atoms with Gasteiger partial charge in [0.05, 0.1) is 12.0 Å². The Kier molecular flexibility index (Phi) is 3.52. The fraction of sp³-hybridized carbons (Fsp3) is 0.231. The van der Waals surface area contributed by atoms with E-state index in [1.54, 1.807) is 0 Å². The number of hydrogen-bond donors (Lipinski definition) is 1. The SMILES string of the molecule is O=C(O)CCC(=O)c1cc2cc(C(F)(F)F)ccc2o1. The first-order valence-electron chi connectivity index (χ1n) is 5.63. The molecule has 0 spiro atoms. The van der Waals surface area contributed by atoms with E-state index in [1.165, 1.54) is 6.07 Å². The van der Waals surface area contributed by atoms with Crippen LogP contribution >= 0.6 is 0 Å². The molecule has 1 N–H and O–H groups in total. The van der Waals surface area contributed by atoms with E-state index in [0.717, 1.165) is 18.2 Å². The Morgan fingerprint density at radius 1 is 1.15 bits per heavy atom. The summed E-state index contributed by atoms with van der Waals surface area (Å²) in [5, 5.41) is 8.62. The second kappa shape index (κ2) is 4.99. The van der Waals surface area contributed by atoms with E-state index in [1.807, 2.05) is 0 Å². The number of halogens is 3. The second-order valence-electron chi connectivity index (χ2n) is 4.18. The molecule has 1 aromatic heterocycles. The molecule has 2 aromatic rings. The molecule has 20 heavy (non-hydrogen) atoms. The third-order valence-electron chi connectivity index (χ3n) is 2.68. The summed E-state index contributed by atoms with van der Waals surface area (Å²) < 4.78 is 42.7. The fourth-order valence-electron chi connectivity index (χ4n) is 1.70. The third kappa shape index (κ3) is 2.98. The normalized spacial score (nSPS) is 11.8. The smallest absolute Gasteiger partial charge is 0.416 e. The van der Waals surface area contributed by atoms with E-state index in [9.17, 15) is 22.8 Å². The van der Waals surface area contributed by atoms with Gasteiger partial charge in [-0.3, -0.25) is 9.59 Å². The molecule has 0 aliphatic rings. The largest absolute Gasteiger partial charge is 0.481 e. The number of carboxylic acids is 1. The van der Waals surface area contributed by atoms with E-state index in [2.05, 4.69) is 0 Å². The third-order valence-corrected chi connectivity index (χ3v) is 2.68. The highest BCUT2D eigenvalue weighted by molar-refractivity contribution is 5.98. The van der Waals surface area contributed by atoms with Crippen molar-refractivity contribution in [1.29, 1.82) is 0 Å². The summed E-state index contributed by atoms with van der Waals surface area (Å²) in [6.45, 7) is 0. The van der Waals surface area contributed by atoms with Gasteiger partial charge in [0.1, 0.15) is 5.58 Å². The summed E-state index contributed by atoms with van der Waals surface area (Å²) in [7, 11) is 0. The quantitative estimate of drug-likeness (QED) is 0.873. The van der Waals surface area contributed by atoms with Crippen molar-refractivity contribution < 1.29 is 32.3 Å². The predicted octanol–water partition coefficient (Wildman–Crippen LogP) is 3.50. The van der Waals surface area contributed by atoms with Crippen molar-refractivity contribution in [2.24, 2.45) is 0 Å². The number of alkyl halides is 3. The van der Waals surface area contributed by atoms with Gasteiger partial charge in [0, 0.05) is 11.8 Å². The summed E-state index contributed by atoms with van der Waals surface area (Å²) in [5.41, 5.74) is -0.688. The number of rotatable bonds is 4.